The van der Waals surface area contributed by atoms with E-state index in [-0.39, 0.29) is 18.9 Å². The Labute approximate surface area is 555 Å². The number of rotatable bonds is 58. The Bertz CT molecular complexity index is 1810. The molecule has 0 spiro atoms. The Morgan fingerprint density at radius 1 is 0.391 bits per heavy atom. The van der Waals surface area contributed by atoms with Crippen LogP contribution in [0.4, 0.5) is 0 Å². The molecule has 3 heterocycles. The number of hydrogen-bond donors (Lipinski definition) is 12. The van der Waals surface area contributed by atoms with Crippen LogP contribution in [-0.2, 0) is 33.2 Å². The molecule has 0 radical (unpaired) electrons. The molecule has 17 atom stereocenters. The van der Waals surface area contributed by atoms with Crippen LogP contribution in [0.15, 0.2) is 36.5 Å². The lowest BCUT2D eigenvalue weighted by Gasteiger charge is -2.48. The first-order valence-electron chi connectivity index (χ1n) is 37.2. The quantitative estimate of drug-likeness (QED) is 0.0199. The molecule has 0 bridgehead atoms. The number of aliphatic hydroxyl groups excluding tert-OH is 11. The minimum atomic E-state index is -1.98. The number of allylic oxidation sites excluding steroid dienone is 5. The number of unbranched alkanes of at least 4 members (excludes halogenated alkanes) is 38. The lowest BCUT2D eigenvalue weighted by molar-refractivity contribution is -0.379. The molecule has 540 valence electrons. The van der Waals surface area contributed by atoms with Crippen molar-refractivity contribution >= 4 is 5.91 Å². The highest BCUT2D eigenvalue weighted by atomic mass is 16.8. The molecule has 0 aliphatic carbocycles. The summed E-state index contributed by atoms with van der Waals surface area (Å²) >= 11 is 0. The van der Waals surface area contributed by atoms with E-state index in [0.29, 0.717) is 6.42 Å². The Morgan fingerprint density at radius 2 is 0.717 bits per heavy atom. The smallest absolute Gasteiger partial charge is 0.220 e. The summed E-state index contributed by atoms with van der Waals surface area (Å²) in [5, 5.41) is 120. The van der Waals surface area contributed by atoms with Crippen molar-refractivity contribution in [3.63, 3.8) is 0 Å². The minimum Gasteiger partial charge on any atom is -0.394 e. The second kappa shape index (κ2) is 55.0. The summed E-state index contributed by atoms with van der Waals surface area (Å²) in [6.07, 6.45) is 38.9. The highest BCUT2D eigenvalue weighted by Crippen LogP contribution is 2.33. The first-order chi connectivity index (χ1) is 44.8. The van der Waals surface area contributed by atoms with E-state index in [1.165, 1.54) is 212 Å². The number of ether oxygens (including phenoxy) is 6. The van der Waals surface area contributed by atoms with Crippen LogP contribution in [0.25, 0.3) is 0 Å². The van der Waals surface area contributed by atoms with Gasteiger partial charge < -0.3 is 89.9 Å². The van der Waals surface area contributed by atoms with Crippen molar-refractivity contribution in [3.8, 4) is 0 Å². The molecule has 12 N–H and O–H groups in total. The van der Waals surface area contributed by atoms with E-state index in [0.717, 1.165) is 51.4 Å². The summed E-state index contributed by atoms with van der Waals surface area (Å²) in [7, 11) is 0. The zero-order chi connectivity index (χ0) is 66.8. The van der Waals surface area contributed by atoms with Crippen molar-refractivity contribution in [1.29, 1.82) is 0 Å². The lowest BCUT2D eigenvalue weighted by Crippen LogP contribution is -2.66. The summed E-state index contributed by atoms with van der Waals surface area (Å²) in [6, 6.07) is -0.969. The molecule has 92 heavy (non-hydrogen) atoms. The van der Waals surface area contributed by atoms with Gasteiger partial charge in [-0.3, -0.25) is 4.79 Å². The molecule has 3 rings (SSSR count). The average Bonchev–Trinajstić information content (AvgIpc) is 0.799. The van der Waals surface area contributed by atoms with Gasteiger partial charge in [-0.05, 0) is 51.4 Å². The Morgan fingerprint density at radius 3 is 1.11 bits per heavy atom. The molecule has 1 amide bonds. The zero-order valence-corrected chi connectivity index (χ0v) is 57.3. The normalized spacial score (nSPS) is 27.9. The predicted octanol–water partition coefficient (Wildman–Crippen LogP) is 10.8. The number of nitrogens with one attached hydrogen (secondary N) is 1. The summed E-state index contributed by atoms with van der Waals surface area (Å²) in [4.78, 5) is 13.4. The number of aliphatic hydroxyl groups is 11. The van der Waals surface area contributed by atoms with Crippen LogP contribution in [0.2, 0.25) is 0 Å². The van der Waals surface area contributed by atoms with Gasteiger partial charge in [-0.15, -0.1) is 0 Å². The summed E-state index contributed by atoms with van der Waals surface area (Å²) in [5.74, 6) is -0.273. The topological polar surface area (TPSA) is 307 Å². The SMILES string of the molecule is CCCCCCC/C=C\C/C=C\CCCCCCCCCCCCCCCCCCCCCCCCCCCC(=O)NC(COC1OC(CO)C(OC2OC(CO)C(OC3OC(CO)C(O)C(O)C3O)C(O)C2O)C(O)C1O)C(O)/C=C/CCCCCCCCCC. The van der Waals surface area contributed by atoms with E-state index in [1.54, 1.807) is 6.08 Å². The van der Waals surface area contributed by atoms with Crippen molar-refractivity contribution in [2.75, 3.05) is 26.4 Å². The van der Waals surface area contributed by atoms with Crippen LogP contribution in [-0.4, -0.2) is 193 Å². The second-order valence-corrected chi connectivity index (χ2v) is 26.8. The van der Waals surface area contributed by atoms with Gasteiger partial charge in [0.1, 0.15) is 73.2 Å². The third kappa shape index (κ3) is 36.0. The van der Waals surface area contributed by atoms with Crippen LogP contribution in [0.5, 0.6) is 0 Å². The third-order valence-corrected chi connectivity index (χ3v) is 18.7. The number of carbonyl (C=O) groups is 1. The van der Waals surface area contributed by atoms with Gasteiger partial charge in [-0.25, -0.2) is 0 Å². The van der Waals surface area contributed by atoms with Gasteiger partial charge in [0, 0.05) is 6.42 Å². The maximum absolute atomic E-state index is 13.4. The van der Waals surface area contributed by atoms with Crippen LogP contribution in [0, 0.1) is 0 Å². The van der Waals surface area contributed by atoms with Crippen molar-refractivity contribution in [3.05, 3.63) is 36.5 Å². The van der Waals surface area contributed by atoms with Crippen LogP contribution < -0.4 is 5.32 Å². The maximum atomic E-state index is 13.4. The van der Waals surface area contributed by atoms with E-state index in [1.807, 2.05) is 6.08 Å². The molecule has 3 aliphatic rings. The van der Waals surface area contributed by atoms with Crippen LogP contribution in [0.3, 0.4) is 0 Å². The Kier molecular flexibility index (Phi) is 50.3. The number of hydrogen-bond acceptors (Lipinski definition) is 18. The largest absolute Gasteiger partial charge is 0.394 e. The van der Waals surface area contributed by atoms with Gasteiger partial charge in [-0.1, -0.05) is 269 Å². The molecule has 17 unspecified atom stereocenters. The van der Waals surface area contributed by atoms with Gasteiger partial charge in [0.25, 0.3) is 0 Å². The van der Waals surface area contributed by atoms with Gasteiger partial charge >= 0.3 is 0 Å². The summed E-state index contributed by atoms with van der Waals surface area (Å²) < 4.78 is 34.3. The highest BCUT2D eigenvalue weighted by molar-refractivity contribution is 5.76. The molecule has 3 aliphatic heterocycles. The number of amides is 1. The van der Waals surface area contributed by atoms with Crippen LogP contribution >= 0.6 is 0 Å². The van der Waals surface area contributed by atoms with E-state index >= 15 is 0 Å². The average molecular weight is 1310 g/mol. The van der Waals surface area contributed by atoms with Crippen molar-refractivity contribution < 1.29 is 89.4 Å². The van der Waals surface area contributed by atoms with E-state index in [2.05, 4.69) is 43.5 Å². The lowest BCUT2D eigenvalue weighted by atomic mass is 9.96. The van der Waals surface area contributed by atoms with Gasteiger partial charge in [-0.2, -0.15) is 0 Å². The molecule has 19 nitrogen and oxygen atoms in total. The molecule has 0 aromatic heterocycles. The molecular weight excluding hydrogens is 1180 g/mol. The van der Waals surface area contributed by atoms with Gasteiger partial charge in [0.15, 0.2) is 18.9 Å². The molecular formula is C73H135NO18. The standard InChI is InChI=1S/C73H135NO18/c1-3-5-7-9-11-13-15-16-17-18-19-20-21-22-23-24-25-26-27-28-29-30-31-32-33-34-35-36-37-38-39-40-41-43-45-47-49-51-61(79)74-56(57(78)50-48-46-44-42-14-12-10-8-6-4-2)55-87-71-67(85)64(82)69(59(53-76)89-71)92-73-68(86)65(83)70(60(54-77)90-73)91-72-66(84)63(81)62(80)58(52-75)88-72/h15-16,18-19,48,50,56-60,62-73,75-78,80-86H,3-14,17,20-47,49,51-55H2,1-2H3,(H,74,79)/b16-15-,19-18-,50-48+. The fraction of sp³-hybridized carbons (Fsp3) is 0.904. The summed E-state index contributed by atoms with van der Waals surface area (Å²) in [6.45, 7) is 1.71. The third-order valence-electron chi connectivity index (χ3n) is 18.7. The maximum Gasteiger partial charge on any atom is 0.220 e. The molecule has 0 aromatic carbocycles. The van der Waals surface area contributed by atoms with E-state index < -0.39 is 124 Å². The molecule has 19 heteroatoms. The van der Waals surface area contributed by atoms with E-state index in [4.69, 9.17) is 28.4 Å². The fourth-order valence-corrected chi connectivity index (χ4v) is 12.6. The van der Waals surface area contributed by atoms with Crippen LogP contribution in [0.1, 0.15) is 290 Å². The Hall–Kier alpha value is -1.99. The molecule has 3 fully saturated rings. The highest BCUT2D eigenvalue weighted by Gasteiger charge is 2.53. The molecule has 3 saturated heterocycles. The predicted molar refractivity (Wildman–Crippen MR) is 360 cm³/mol. The van der Waals surface area contributed by atoms with Gasteiger partial charge in [0.05, 0.1) is 38.6 Å². The fourth-order valence-electron chi connectivity index (χ4n) is 12.6. The first kappa shape index (κ1) is 84.2. The van der Waals surface area contributed by atoms with E-state index in [9.17, 15) is 61.0 Å². The molecule has 0 aromatic rings. The Balaban J connectivity index is 1.28. The number of carbonyl (C=O) groups excluding carboxylic acids is 1. The van der Waals surface area contributed by atoms with Crippen molar-refractivity contribution in [2.24, 2.45) is 0 Å². The summed E-state index contributed by atoms with van der Waals surface area (Å²) in [5.41, 5.74) is 0. The zero-order valence-electron chi connectivity index (χ0n) is 57.3. The molecule has 0 saturated carbocycles. The monoisotopic (exact) mass is 1310 g/mol. The first-order valence-corrected chi connectivity index (χ1v) is 37.2. The minimum absolute atomic E-state index is 0.247. The van der Waals surface area contributed by atoms with Gasteiger partial charge in [0.2, 0.25) is 5.91 Å². The van der Waals surface area contributed by atoms with Crippen molar-refractivity contribution in [1.82, 2.24) is 5.32 Å². The second-order valence-electron chi connectivity index (χ2n) is 26.8. The van der Waals surface area contributed by atoms with Crippen molar-refractivity contribution in [2.45, 2.75) is 394 Å².